The van der Waals surface area contributed by atoms with E-state index in [9.17, 15) is 57.8 Å². The first-order valence-electron chi connectivity index (χ1n) is 29.6. The number of amides is 10. The van der Waals surface area contributed by atoms with Crippen LogP contribution >= 0.6 is 11.6 Å². The quantitative estimate of drug-likeness (QED) is 0.0265. The van der Waals surface area contributed by atoms with Gasteiger partial charge in [-0.3, -0.25) is 39.0 Å². The molecule has 2 aromatic carbocycles. The van der Waals surface area contributed by atoms with Crippen LogP contribution < -0.4 is 42.0 Å². The lowest BCUT2D eigenvalue weighted by Crippen LogP contribution is -2.63. The molecule has 6 rings (SSSR count). The number of benzene rings is 2. The van der Waals surface area contributed by atoms with Gasteiger partial charge in [0.15, 0.2) is 5.72 Å². The molecule has 3 saturated heterocycles. The number of hydrogen-bond acceptors (Lipinski definition) is 19. The third kappa shape index (κ3) is 18.6. The molecule has 0 aromatic heterocycles. The van der Waals surface area contributed by atoms with Crippen LogP contribution in [0.25, 0.3) is 0 Å². The van der Waals surface area contributed by atoms with Crippen molar-refractivity contribution in [1.82, 2.24) is 31.2 Å². The van der Waals surface area contributed by atoms with Gasteiger partial charge >= 0.3 is 30.2 Å². The van der Waals surface area contributed by atoms with Crippen molar-refractivity contribution in [3.63, 3.8) is 0 Å². The number of ether oxygens (including phenoxy) is 6. The highest BCUT2D eigenvalue weighted by atomic mass is 35.5. The molecule has 0 spiro atoms. The molecule has 3 fully saturated rings. The van der Waals surface area contributed by atoms with Gasteiger partial charge in [0.05, 0.1) is 25.3 Å². The Balaban J connectivity index is 1.08. The number of carbonyl (C=O) groups excluding carboxylic acids is 11. The molecule has 4 bridgehead atoms. The summed E-state index contributed by atoms with van der Waals surface area (Å²) in [7, 11) is 5.68. The Morgan fingerprint density at radius 1 is 0.944 bits per heavy atom. The molecule has 10 amide bonds. The summed E-state index contributed by atoms with van der Waals surface area (Å²) in [5.74, 6) is -6.11. The number of imide groups is 1. The van der Waals surface area contributed by atoms with Crippen molar-refractivity contribution in [2.75, 3.05) is 45.1 Å². The summed E-state index contributed by atoms with van der Waals surface area (Å²) in [6, 6.07) is 5.31. The normalized spacial score (nSPS) is 24.5. The summed E-state index contributed by atoms with van der Waals surface area (Å²) in [6.07, 6.45) is -0.675. The van der Waals surface area contributed by atoms with Gasteiger partial charge in [0.1, 0.15) is 59.4 Å². The maximum Gasteiger partial charge on any atom is 0.410 e. The van der Waals surface area contributed by atoms with Crippen LogP contribution in [0, 0.1) is 11.8 Å². The number of anilines is 2. The molecule has 0 aliphatic carbocycles. The number of aliphatic hydroxyl groups is 1. The van der Waals surface area contributed by atoms with E-state index in [-0.39, 0.29) is 81.6 Å². The van der Waals surface area contributed by atoms with E-state index in [0.29, 0.717) is 28.5 Å². The van der Waals surface area contributed by atoms with Crippen LogP contribution in [0.15, 0.2) is 60.2 Å². The number of hydrogen-bond donors (Lipinski definition) is 7. The molecule has 0 saturated carbocycles. The lowest BCUT2D eigenvalue weighted by atomic mass is 9.83. The van der Waals surface area contributed by atoms with Crippen LogP contribution in [0.5, 0.6) is 5.75 Å². The molecule has 29 heteroatoms. The van der Waals surface area contributed by atoms with Gasteiger partial charge in [0.25, 0.3) is 11.8 Å². The van der Waals surface area contributed by atoms with E-state index < -0.39 is 138 Å². The number of halogens is 1. The third-order valence-corrected chi connectivity index (χ3v) is 16.5. The Hall–Kier alpha value is -8.34. The van der Waals surface area contributed by atoms with Crippen molar-refractivity contribution in [1.29, 1.82) is 0 Å². The monoisotopic (exact) mass is 1280 g/mol. The molecule has 4 aliphatic rings. The first-order valence-corrected chi connectivity index (χ1v) is 29.9. The SMILES string of the molecule is COc1cc2cc(c1Cl)N(C)C(=O)C[C@H](OC(=O)[C@H](C)N(C)C(=O)OCc1ccc(NC(=O)[C@H](CCCNC(N)=O)NC(=O)[C@@H](NC(=O)CCCCC(=O)ON3C(=O)CCC3=O)C(C)C)cc1)[C@]1(C)O[C@H]1[C@H](C)[C@@H]1C[C@@](O)(NC(=O)O1)[C@H](OC)/C=C/C=C(\C)C2. The molecular weight excluding hydrogens is 1200 g/mol. The van der Waals surface area contributed by atoms with Gasteiger partial charge < -0.3 is 70.3 Å². The second-order valence-corrected chi connectivity index (χ2v) is 23.7. The van der Waals surface area contributed by atoms with Crippen LogP contribution in [-0.2, 0) is 79.9 Å². The van der Waals surface area contributed by atoms with Crippen LogP contribution in [0.3, 0.4) is 0 Å². The van der Waals surface area contributed by atoms with E-state index >= 15 is 0 Å². The number of unbranched alkanes of at least 4 members (excludes halogenated alkanes) is 1. The van der Waals surface area contributed by atoms with Gasteiger partial charge in [0, 0.05) is 71.5 Å². The van der Waals surface area contributed by atoms with Crippen molar-refractivity contribution >= 4 is 88.6 Å². The summed E-state index contributed by atoms with van der Waals surface area (Å²) in [4.78, 5) is 150. The zero-order chi connectivity index (χ0) is 66.4. The van der Waals surface area contributed by atoms with E-state index in [1.54, 1.807) is 64.1 Å². The predicted molar refractivity (Wildman–Crippen MR) is 322 cm³/mol. The minimum Gasteiger partial charge on any atom is -0.495 e. The fraction of sp³-hybridized carbons (Fsp3) is 0.557. The van der Waals surface area contributed by atoms with Crippen LogP contribution in [0.2, 0.25) is 5.02 Å². The van der Waals surface area contributed by atoms with E-state index in [1.807, 2.05) is 13.0 Å². The Morgan fingerprint density at radius 2 is 1.62 bits per heavy atom. The topological polar surface area (TPSA) is 372 Å². The summed E-state index contributed by atoms with van der Waals surface area (Å²) in [5, 5.41) is 25.5. The second kappa shape index (κ2) is 31.4. The number of fused-ring (bicyclic) bond motifs is 5. The summed E-state index contributed by atoms with van der Waals surface area (Å²) >= 11 is 6.83. The van der Waals surface area contributed by atoms with Crippen LogP contribution in [-0.4, -0.2) is 169 Å². The lowest BCUT2D eigenvalue weighted by Gasteiger charge is -2.42. The van der Waals surface area contributed by atoms with Gasteiger partial charge in [-0.15, -0.1) is 5.06 Å². The molecule has 0 unspecified atom stereocenters. The number of esters is 1. The average Bonchev–Trinajstić information content (AvgIpc) is 1.57. The third-order valence-electron chi connectivity index (χ3n) is 16.1. The van der Waals surface area contributed by atoms with Crippen LogP contribution in [0.4, 0.5) is 25.8 Å². The first kappa shape index (κ1) is 70.7. The molecule has 90 heavy (non-hydrogen) atoms. The maximum absolute atomic E-state index is 14.4. The van der Waals surface area contributed by atoms with Crippen molar-refractivity contribution in [3.05, 3.63) is 76.3 Å². The summed E-state index contributed by atoms with van der Waals surface area (Å²) < 4.78 is 35.0. The second-order valence-electron chi connectivity index (χ2n) is 23.3. The molecule has 4 aliphatic heterocycles. The Morgan fingerprint density at radius 3 is 2.27 bits per heavy atom. The average molecular weight is 1280 g/mol. The molecule has 2 aromatic rings. The predicted octanol–water partition coefficient (Wildman–Crippen LogP) is 4.50. The Bertz CT molecular complexity index is 3070. The molecule has 10 atom stereocenters. The van der Waals surface area contributed by atoms with Gasteiger partial charge in [0.2, 0.25) is 23.6 Å². The maximum atomic E-state index is 14.4. The zero-order valence-electron chi connectivity index (χ0n) is 52.2. The van der Waals surface area contributed by atoms with Gasteiger partial charge in [-0.1, -0.05) is 68.3 Å². The highest BCUT2D eigenvalue weighted by Gasteiger charge is 2.64. The van der Waals surface area contributed by atoms with Gasteiger partial charge in [-0.2, -0.15) is 0 Å². The van der Waals surface area contributed by atoms with Crippen molar-refractivity contribution in [2.24, 2.45) is 17.6 Å². The number of nitrogens with two attached hydrogens (primary N) is 1. The number of alkyl carbamates (subject to hydrolysis) is 1. The molecular formula is C61H82ClN9O19. The molecule has 492 valence electrons. The number of epoxide rings is 1. The summed E-state index contributed by atoms with van der Waals surface area (Å²) in [5.41, 5.74) is 4.60. The number of likely N-dealkylation sites (N-methyl/N-ethyl adjacent to an activating group) is 1. The fourth-order valence-corrected chi connectivity index (χ4v) is 10.8. The Labute approximate surface area is 526 Å². The largest absolute Gasteiger partial charge is 0.495 e. The number of nitrogens with one attached hydrogen (secondary N) is 5. The van der Waals surface area contributed by atoms with Gasteiger partial charge in [-0.25, -0.2) is 24.0 Å². The zero-order valence-corrected chi connectivity index (χ0v) is 52.9. The molecule has 4 heterocycles. The van der Waals surface area contributed by atoms with Gasteiger partial charge in [-0.05, 0) is 94.2 Å². The van der Waals surface area contributed by atoms with E-state index in [2.05, 4.69) is 26.6 Å². The van der Waals surface area contributed by atoms with E-state index in [1.165, 1.54) is 52.3 Å². The minimum absolute atomic E-state index is 0.0353. The van der Waals surface area contributed by atoms with Crippen LogP contribution in [0.1, 0.15) is 117 Å². The number of hydroxylamine groups is 2. The van der Waals surface area contributed by atoms with Crippen molar-refractivity contribution < 1.29 is 91.1 Å². The number of urea groups is 1. The highest BCUT2D eigenvalue weighted by Crippen LogP contribution is 2.49. The lowest BCUT2D eigenvalue weighted by molar-refractivity contribution is -0.197. The highest BCUT2D eigenvalue weighted by molar-refractivity contribution is 6.35. The standard InChI is InChI=1S/C61H82ClN9O19/c1-33(2)52(67-46(72)18-11-12-19-50(76)90-71-47(73)24-25-48(71)74)55(78)66-40(16-14-26-64-57(63)80)54(77)65-39-22-20-37(21-23-39)32-86-59(82)69(7)36(5)56(79)88-45-30-49(75)70(8)41-28-38(29-42(84-9)51(41)62)27-34(3)15-13-17-44(85-10)61(83)31-43(87-58(81)68-61)35(4)53-60(45,6)89-53/h13,15,17,20-23,28-29,33,35-36,40,43-45,52-53,83H,11-12,14,16,18-19,24-27,30-32H2,1-10H3,(H,65,77)(H,66,78)(H,67,72)(H,68,81)(H3,63,64,80)/b17-13+,34-15+/t35-,36+,40+,43+,44-,45+,52+,53+,60+,61+/m1/s1. The molecule has 0 radical (unpaired) electrons. The number of methoxy groups -OCH3 is 2. The number of allylic oxidation sites excluding steroid dienone is 3. The number of carbonyl (C=O) groups is 11. The first-order chi connectivity index (χ1) is 42.5. The Kier molecular flexibility index (Phi) is 24.7. The molecule has 28 nitrogen and oxygen atoms in total. The van der Waals surface area contributed by atoms with E-state index in [4.69, 9.17) is 50.6 Å². The smallest absolute Gasteiger partial charge is 0.410 e. The minimum atomic E-state index is -1.92. The van der Waals surface area contributed by atoms with Crippen molar-refractivity contribution in [3.8, 4) is 5.75 Å². The number of nitrogens with zero attached hydrogens (tertiary/aromatic N) is 3. The van der Waals surface area contributed by atoms with Crippen molar-refractivity contribution in [2.45, 2.75) is 173 Å². The van der Waals surface area contributed by atoms with E-state index in [0.717, 1.165) is 16.0 Å². The number of rotatable bonds is 23. The number of primary amides is 1. The summed E-state index contributed by atoms with van der Waals surface area (Å²) in [6.45, 7) is 9.84. The fourth-order valence-electron chi connectivity index (χ4n) is 10.5. The molecule has 8 N–H and O–H groups in total.